The van der Waals surface area contributed by atoms with E-state index in [1.807, 2.05) is 38.3 Å². The summed E-state index contributed by atoms with van der Waals surface area (Å²) >= 11 is 1.59. The van der Waals surface area contributed by atoms with Crippen LogP contribution in [0.15, 0.2) is 17.5 Å². The third-order valence-electron chi connectivity index (χ3n) is 3.27. The van der Waals surface area contributed by atoms with Crippen molar-refractivity contribution in [2.45, 2.75) is 38.6 Å². The van der Waals surface area contributed by atoms with Gasteiger partial charge >= 0.3 is 5.97 Å². The Balaban J connectivity index is 3.22. The molecule has 3 nitrogen and oxygen atoms in total. The zero-order valence-electron chi connectivity index (χ0n) is 9.93. The molecule has 90 valence electrons. The lowest BCUT2D eigenvalue weighted by molar-refractivity contribution is -0.139. The van der Waals surface area contributed by atoms with Crippen LogP contribution < -0.4 is 5.73 Å². The Morgan fingerprint density at radius 2 is 2.19 bits per heavy atom. The summed E-state index contributed by atoms with van der Waals surface area (Å²) in [6.45, 7) is 5.96. The van der Waals surface area contributed by atoms with Crippen LogP contribution in [0, 0.1) is 5.92 Å². The predicted octanol–water partition coefficient (Wildman–Crippen LogP) is 2.46. The molecule has 2 unspecified atom stereocenters. The molecule has 0 fully saturated rings. The molecule has 1 rings (SSSR count). The Labute approximate surface area is 100 Å². The van der Waals surface area contributed by atoms with E-state index in [1.54, 1.807) is 11.3 Å². The number of carboxylic acid groups (broad SMARTS) is 1. The quantitative estimate of drug-likeness (QED) is 0.832. The highest BCUT2D eigenvalue weighted by Gasteiger charge is 2.42. The minimum Gasteiger partial charge on any atom is -0.481 e. The fraction of sp³-hybridized carbons (Fsp3) is 0.583. The molecule has 0 aliphatic carbocycles. The van der Waals surface area contributed by atoms with E-state index in [9.17, 15) is 4.79 Å². The molecule has 0 aromatic carbocycles. The summed E-state index contributed by atoms with van der Waals surface area (Å²) in [5.74, 6) is -0.596. The Morgan fingerprint density at radius 3 is 2.50 bits per heavy atom. The van der Waals surface area contributed by atoms with Gasteiger partial charge in [0.2, 0.25) is 0 Å². The molecule has 1 heterocycles. The number of aliphatic carboxylic acids is 1. The number of carboxylic acids is 1. The second-order valence-corrected chi connectivity index (χ2v) is 5.48. The number of rotatable bonds is 5. The Morgan fingerprint density at radius 1 is 1.56 bits per heavy atom. The first kappa shape index (κ1) is 13.2. The smallest absolute Gasteiger partial charge is 0.304 e. The monoisotopic (exact) mass is 241 g/mol. The minimum atomic E-state index is -0.792. The van der Waals surface area contributed by atoms with Gasteiger partial charge in [-0.05, 0) is 24.3 Å². The van der Waals surface area contributed by atoms with Crippen molar-refractivity contribution in [3.8, 4) is 0 Å². The van der Waals surface area contributed by atoms with Crippen molar-refractivity contribution in [1.82, 2.24) is 0 Å². The van der Waals surface area contributed by atoms with Gasteiger partial charge in [-0.25, -0.2) is 0 Å². The highest BCUT2D eigenvalue weighted by atomic mass is 32.1. The van der Waals surface area contributed by atoms with Gasteiger partial charge in [0.15, 0.2) is 0 Å². The summed E-state index contributed by atoms with van der Waals surface area (Å²) in [6.07, 6.45) is 0.0862. The highest BCUT2D eigenvalue weighted by molar-refractivity contribution is 7.10. The molecule has 1 aromatic heterocycles. The van der Waals surface area contributed by atoms with Crippen LogP contribution in [0.25, 0.3) is 0 Å². The van der Waals surface area contributed by atoms with Gasteiger partial charge in [0.1, 0.15) is 0 Å². The van der Waals surface area contributed by atoms with Crippen molar-refractivity contribution in [3.63, 3.8) is 0 Å². The Bertz CT molecular complexity index is 336. The molecule has 4 heteroatoms. The van der Waals surface area contributed by atoms with E-state index in [0.29, 0.717) is 0 Å². The summed E-state index contributed by atoms with van der Waals surface area (Å²) in [5, 5.41) is 11.1. The second-order valence-electron chi connectivity index (χ2n) is 4.53. The van der Waals surface area contributed by atoms with Crippen LogP contribution in [-0.2, 0) is 10.2 Å². The molecule has 2 atom stereocenters. The molecule has 3 N–H and O–H groups in total. The molecule has 0 aliphatic rings. The van der Waals surface area contributed by atoms with Crippen LogP contribution in [-0.4, -0.2) is 17.1 Å². The fourth-order valence-corrected chi connectivity index (χ4v) is 3.45. The predicted molar refractivity (Wildman–Crippen MR) is 66.7 cm³/mol. The van der Waals surface area contributed by atoms with Crippen LogP contribution in [0.3, 0.4) is 0 Å². The van der Waals surface area contributed by atoms with Crippen LogP contribution in [0.1, 0.15) is 32.1 Å². The van der Waals surface area contributed by atoms with E-state index in [4.69, 9.17) is 10.8 Å². The van der Waals surface area contributed by atoms with E-state index in [-0.39, 0.29) is 18.4 Å². The molecular weight excluding hydrogens is 222 g/mol. The summed E-state index contributed by atoms with van der Waals surface area (Å²) in [5.41, 5.74) is 5.60. The fourth-order valence-electron chi connectivity index (χ4n) is 2.28. The third kappa shape index (κ3) is 2.28. The first-order valence-electron chi connectivity index (χ1n) is 5.42. The average Bonchev–Trinajstić information content (AvgIpc) is 2.65. The number of nitrogens with two attached hydrogens (primary N) is 1. The number of hydrogen-bond donors (Lipinski definition) is 2. The van der Waals surface area contributed by atoms with Gasteiger partial charge in [0, 0.05) is 16.3 Å². The van der Waals surface area contributed by atoms with Crippen molar-refractivity contribution in [3.05, 3.63) is 22.4 Å². The normalized spacial score (nSPS) is 17.1. The van der Waals surface area contributed by atoms with E-state index in [1.165, 1.54) is 0 Å². The van der Waals surface area contributed by atoms with E-state index in [2.05, 4.69) is 0 Å². The van der Waals surface area contributed by atoms with Crippen molar-refractivity contribution in [2.24, 2.45) is 11.7 Å². The highest BCUT2D eigenvalue weighted by Crippen LogP contribution is 2.40. The van der Waals surface area contributed by atoms with Gasteiger partial charge in [-0.15, -0.1) is 11.3 Å². The number of hydrogen-bond acceptors (Lipinski definition) is 3. The molecule has 1 aromatic rings. The van der Waals surface area contributed by atoms with Crippen molar-refractivity contribution >= 4 is 17.3 Å². The van der Waals surface area contributed by atoms with Crippen LogP contribution in [0.5, 0.6) is 0 Å². The number of thiophene rings is 1. The zero-order valence-corrected chi connectivity index (χ0v) is 10.8. The molecule has 0 amide bonds. The SMILES string of the molecule is CC(C)C(CC(=O)O)(c1cccs1)C(C)N. The summed E-state index contributed by atoms with van der Waals surface area (Å²) in [4.78, 5) is 12.1. The standard InChI is InChI=1S/C12H19NO2S/c1-8(2)12(9(3)13,7-11(14)15)10-5-4-6-16-10/h4-6,8-9H,7,13H2,1-3H3,(H,14,15). The maximum Gasteiger partial charge on any atom is 0.304 e. The second kappa shape index (κ2) is 4.97. The van der Waals surface area contributed by atoms with E-state index >= 15 is 0 Å². The van der Waals surface area contributed by atoms with Gasteiger partial charge < -0.3 is 10.8 Å². The molecule has 0 saturated carbocycles. The van der Waals surface area contributed by atoms with E-state index in [0.717, 1.165) is 4.88 Å². The topological polar surface area (TPSA) is 63.3 Å². The summed E-state index contributed by atoms with van der Waals surface area (Å²) in [6, 6.07) is 3.75. The van der Waals surface area contributed by atoms with Crippen LogP contribution >= 0.6 is 11.3 Å². The lowest BCUT2D eigenvalue weighted by atomic mass is 9.68. The first-order chi connectivity index (χ1) is 7.41. The molecular formula is C12H19NO2S. The van der Waals surface area contributed by atoms with E-state index < -0.39 is 11.4 Å². The molecule has 16 heavy (non-hydrogen) atoms. The first-order valence-corrected chi connectivity index (χ1v) is 6.30. The van der Waals surface area contributed by atoms with Crippen molar-refractivity contribution in [1.29, 1.82) is 0 Å². The van der Waals surface area contributed by atoms with Crippen LogP contribution in [0.2, 0.25) is 0 Å². The molecule has 0 bridgehead atoms. The Hall–Kier alpha value is -0.870. The third-order valence-corrected chi connectivity index (χ3v) is 4.33. The summed E-state index contributed by atoms with van der Waals surface area (Å²) < 4.78 is 0. The maximum absolute atomic E-state index is 11.1. The molecule has 0 spiro atoms. The number of carbonyl (C=O) groups is 1. The average molecular weight is 241 g/mol. The largest absolute Gasteiger partial charge is 0.481 e. The lowest BCUT2D eigenvalue weighted by Crippen LogP contribution is -2.48. The Kier molecular flexibility index (Phi) is 4.10. The lowest BCUT2D eigenvalue weighted by Gasteiger charge is -2.39. The van der Waals surface area contributed by atoms with Gasteiger partial charge in [-0.2, -0.15) is 0 Å². The molecule has 0 radical (unpaired) electrons. The molecule has 0 aliphatic heterocycles. The molecule has 0 saturated heterocycles. The van der Waals surface area contributed by atoms with Gasteiger partial charge in [0.25, 0.3) is 0 Å². The minimum absolute atomic E-state index is 0.0862. The maximum atomic E-state index is 11.1. The van der Waals surface area contributed by atoms with Crippen molar-refractivity contribution in [2.75, 3.05) is 0 Å². The van der Waals surface area contributed by atoms with Gasteiger partial charge in [0.05, 0.1) is 6.42 Å². The van der Waals surface area contributed by atoms with Crippen LogP contribution in [0.4, 0.5) is 0 Å². The van der Waals surface area contributed by atoms with Gasteiger partial charge in [-0.1, -0.05) is 19.9 Å². The summed E-state index contributed by atoms with van der Waals surface area (Å²) in [7, 11) is 0. The van der Waals surface area contributed by atoms with Crippen molar-refractivity contribution < 1.29 is 9.90 Å². The zero-order chi connectivity index (χ0) is 12.3. The van der Waals surface area contributed by atoms with Gasteiger partial charge in [-0.3, -0.25) is 4.79 Å².